The highest BCUT2D eigenvalue weighted by Crippen LogP contribution is 2.21. The molecule has 1 aromatic rings. The summed E-state index contributed by atoms with van der Waals surface area (Å²) in [6.07, 6.45) is 0.938. The third-order valence-electron chi connectivity index (χ3n) is 2.45. The minimum absolute atomic E-state index is 0.0297. The zero-order valence-electron chi connectivity index (χ0n) is 11.8. The van der Waals surface area contributed by atoms with Crippen LogP contribution in [-0.2, 0) is 24.1 Å². The fraction of sp³-hybridized carbons (Fsp3) is 0.357. The topological polar surface area (TPSA) is 69.7 Å². The fourth-order valence-corrected chi connectivity index (χ4v) is 2.65. The van der Waals surface area contributed by atoms with E-state index in [-0.39, 0.29) is 18.1 Å². The van der Waals surface area contributed by atoms with E-state index in [2.05, 4.69) is 0 Å². The van der Waals surface area contributed by atoms with Crippen molar-refractivity contribution in [3.63, 3.8) is 0 Å². The number of hydrogen-bond donors (Lipinski definition) is 0. The number of benzene rings is 1. The largest absolute Gasteiger partial charge is 0.500 e. The van der Waals surface area contributed by atoms with Crippen LogP contribution in [0.1, 0.15) is 19.4 Å². The quantitative estimate of drug-likeness (QED) is 0.457. The molecule has 1 aromatic carbocycles. The molecule has 0 bridgehead atoms. The maximum Gasteiger partial charge on any atom is 0.353 e. The lowest BCUT2D eigenvalue weighted by atomic mass is 10.2. The van der Waals surface area contributed by atoms with Gasteiger partial charge in [-0.25, -0.2) is 13.2 Å². The van der Waals surface area contributed by atoms with Crippen LogP contribution in [0.2, 0.25) is 0 Å². The number of rotatable bonds is 6. The Morgan fingerprint density at radius 3 is 2.25 bits per heavy atom. The first-order valence-electron chi connectivity index (χ1n) is 6.24. The molecule has 110 valence electrons. The van der Waals surface area contributed by atoms with Crippen molar-refractivity contribution in [3.8, 4) is 0 Å². The average Bonchev–Trinajstić information content (AvgIpc) is 2.39. The first-order valence-corrected chi connectivity index (χ1v) is 7.72. The Labute approximate surface area is 119 Å². The summed E-state index contributed by atoms with van der Waals surface area (Å²) in [6, 6.07) is 6.22. The first-order chi connectivity index (χ1) is 9.43. The molecule has 0 aromatic heterocycles. The Morgan fingerprint density at radius 1 is 1.15 bits per heavy atom. The summed E-state index contributed by atoms with van der Waals surface area (Å²) in [6.45, 7) is 5.49. The van der Waals surface area contributed by atoms with Gasteiger partial charge in [0.25, 0.3) is 0 Å². The molecule has 0 heterocycles. The molecule has 0 unspecified atom stereocenters. The molecule has 0 aliphatic heterocycles. The van der Waals surface area contributed by atoms with Crippen molar-refractivity contribution in [2.45, 2.75) is 25.7 Å². The first kappa shape index (κ1) is 16.2. The zero-order valence-corrected chi connectivity index (χ0v) is 12.6. The smallest absolute Gasteiger partial charge is 0.353 e. The predicted octanol–water partition coefficient (Wildman–Crippen LogP) is 2.21. The molecule has 5 nitrogen and oxygen atoms in total. The van der Waals surface area contributed by atoms with E-state index in [4.69, 9.17) is 9.47 Å². The van der Waals surface area contributed by atoms with Crippen LogP contribution in [0.15, 0.2) is 40.3 Å². The second-order valence-electron chi connectivity index (χ2n) is 3.97. The molecule has 0 fully saturated rings. The summed E-state index contributed by atoms with van der Waals surface area (Å²) in [5.74, 6) is -0.915. The van der Waals surface area contributed by atoms with Gasteiger partial charge in [0.2, 0.25) is 9.84 Å². The molecular formula is C14H18O5S. The number of esters is 1. The lowest BCUT2D eigenvalue weighted by molar-refractivity contribution is -0.137. The third kappa shape index (κ3) is 3.84. The molecule has 0 aliphatic rings. The fourth-order valence-electron chi connectivity index (χ4n) is 1.43. The van der Waals surface area contributed by atoms with Crippen molar-refractivity contribution in [1.82, 2.24) is 0 Å². The maximum absolute atomic E-state index is 12.4. The van der Waals surface area contributed by atoms with E-state index in [0.29, 0.717) is 0 Å². The number of ether oxygens (including phenoxy) is 2. The molecule has 0 amide bonds. The predicted molar refractivity (Wildman–Crippen MR) is 74.7 cm³/mol. The molecule has 0 N–H and O–H groups in total. The average molecular weight is 298 g/mol. The zero-order chi connectivity index (χ0) is 15.2. The van der Waals surface area contributed by atoms with Gasteiger partial charge in [0, 0.05) is 0 Å². The van der Waals surface area contributed by atoms with Gasteiger partial charge in [-0.1, -0.05) is 17.7 Å². The van der Waals surface area contributed by atoms with Gasteiger partial charge in [-0.3, -0.25) is 0 Å². The highest BCUT2D eigenvalue weighted by atomic mass is 32.2. The molecule has 0 aliphatic carbocycles. The lowest BCUT2D eigenvalue weighted by Gasteiger charge is -2.09. The summed E-state index contributed by atoms with van der Waals surface area (Å²) < 4.78 is 34.6. The summed E-state index contributed by atoms with van der Waals surface area (Å²) in [5.41, 5.74) is 0.926. The number of carbonyl (C=O) groups excluding carboxylic acids is 1. The standard InChI is InChI=1S/C14H18O5S/c1-4-18-10-13(14(15)19-5-2)20(16,17)12-8-6-11(3)7-9-12/h6-10H,4-5H2,1-3H3/b13-10-. The molecule has 0 saturated heterocycles. The molecular weight excluding hydrogens is 280 g/mol. The van der Waals surface area contributed by atoms with Crippen molar-refractivity contribution < 1.29 is 22.7 Å². The van der Waals surface area contributed by atoms with Gasteiger partial charge in [0.1, 0.15) is 6.26 Å². The van der Waals surface area contributed by atoms with E-state index < -0.39 is 20.7 Å². The normalized spacial score (nSPS) is 12.1. The van der Waals surface area contributed by atoms with Crippen LogP contribution in [0, 0.1) is 6.92 Å². The maximum atomic E-state index is 12.4. The van der Waals surface area contributed by atoms with Gasteiger partial charge in [-0.05, 0) is 32.9 Å². The van der Waals surface area contributed by atoms with E-state index in [1.165, 1.54) is 12.1 Å². The number of aryl methyl sites for hydroxylation is 1. The van der Waals surface area contributed by atoms with Crippen LogP contribution in [-0.4, -0.2) is 27.6 Å². The molecule has 1 rings (SSSR count). The Balaban J connectivity index is 3.24. The summed E-state index contributed by atoms with van der Waals surface area (Å²) in [7, 11) is -3.95. The molecule has 0 saturated carbocycles. The van der Waals surface area contributed by atoms with E-state index in [9.17, 15) is 13.2 Å². The second kappa shape index (κ2) is 7.09. The Bertz CT molecular complexity index is 584. The summed E-state index contributed by atoms with van der Waals surface area (Å²) >= 11 is 0. The minimum atomic E-state index is -3.95. The number of sulfone groups is 1. The van der Waals surface area contributed by atoms with Crippen LogP contribution in [0.4, 0.5) is 0 Å². The van der Waals surface area contributed by atoms with Crippen LogP contribution in [0.5, 0.6) is 0 Å². The Morgan fingerprint density at radius 2 is 1.75 bits per heavy atom. The SMILES string of the molecule is CCO/C=C(/C(=O)OCC)S(=O)(=O)c1ccc(C)cc1. The third-order valence-corrected chi connectivity index (χ3v) is 4.19. The van der Waals surface area contributed by atoms with Crippen molar-refractivity contribution in [2.75, 3.05) is 13.2 Å². The number of carbonyl (C=O) groups is 1. The Hall–Kier alpha value is -1.82. The van der Waals surface area contributed by atoms with E-state index in [1.54, 1.807) is 26.0 Å². The van der Waals surface area contributed by atoms with Crippen molar-refractivity contribution in [3.05, 3.63) is 41.0 Å². The van der Waals surface area contributed by atoms with Gasteiger partial charge < -0.3 is 9.47 Å². The molecule has 0 atom stereocenters. The van der Waals surface area contributed by atoms with Gasteiger partial charge in [-0.2, -0.15) is 0 Å². The minimum Gasteiger partial charge on any atom is -0.500 e. The van der Waals surface area contributed by atoms with E-state index in [1.807, 2.05) is 6.92 Å². The lowest BCUT2D eigenvalue weighted by Crippen LogP contribution is -2.17. The van der Waals surface area contributed by atoms with Crippen LogP contribution in [0.3, 0.4) is 0 Å². The van der Waals surface area contributed by atoms with Crippen LogP contribution in [0.25, 0.3) is 0 Å². The van der Waals surface area contributed by atoms with E-state index in [0.717, 1.165) is 11.8 Å². The summed E-state index contributed by atoms with van der Waals surface area (Å²) in [4.78, 5) is 11.3. The number of hydrogen-bond acceptors (Lipinski definition) is 5. The van der Waals surface area contributed by atoms with Gasteiger partial charge in [-0.15, -0.1) is 0 Å². The van der Waals surface area contributed by atoms with Crippen molar-refractivity contribution in [2.24, 2.45) is 0 Å². The van der Waals surface area contributed by atoms with Gasteiger partial charge >= 0.3 is 5.97 Å². The highest BCUT2D eigenvalue weighted by Gasteiger charge is 2.29. The van der Waals surface area contributed by atoms with Crippen LogP contribution < -0.4 is 0 Å². The van der Waals surface area contributed by atoms with Crippen LogP contribution >= 0.6 is 0 Å². The summed E-state index contributed by atoms with van der Waals surface area (Å²) in [5, 5.41) is 0. The molecule has 0 spiro atoms. The Kier molecular flexibility index (Phi) is 5.76. The van der Waals surface area contributed by atoms with Crippen molar-refractivity contribution >= 4 is 15.8 Å². The molecule has 20 heavy (non-hydrogen) atoms. The highest BCUT2D eigenvalue weighted by molar-refractivity contribution is 7.96. The molecule has 6 heteroatoms. The van der Waals surface area contributed by atoms with Gasteiger partial charge in [0.15, 0.2) is 4.91 Å². The monoisotopic (exact) mass is 298 g/mol. The van der Waals surface area contributed by atoms with Gasteiger partial charge in [0.05, 0.1) is 18.1 Å². The van der Waals surface area contributed by atoms with E-state index >= 15 is 0 Å². The second-order valence-corrected chi connectivity index (χ2v) is 5.89. The molecule has 0 radical (unpaired) electrons. The van der Waals surface area contributed by atoms with Crippen molar-refractivity contribution in [1.29, 1.82) is 0 Å².